The summed E-state index contributed by atoms with van der Waals surface area (Å²) < 4.78 is 5.15. The topological polar surface area (TPSA) is 26.3 Å². The highest BCUT2D eigenvalue weighted by atomic mass is 16.5. The molecule has 0 aromatic heterocycles. The molecule has 0 unspecified atom stereocenters. The first kappa shape index (κ1) is 18.3. The van der Waals surface area contributed by atoms with Crippen LogP contribution in [0.1, 0.15) is 84.5 Å². The van der Waals surface area contributed by atoms with Gasteiger partial charge in [-0.1, -0.05) is 71.3 Å². The molecule has 0 saturated heterocycles. The van der Waals surface area contributed by atoms with E-state index in [-0.39, 0.29) is 5.97 Å². The zero-order valence-corrected chi connectivity index (χ0v) is 14.2. The lowest BCUT2D eigenvalue weighted by atomic mass is 9.78. The van der Waals surface area contributed by atoms with Crippen molar-refractivity contribution in [2.75, 3.05) is 6.61 Å². The molecule has 0 bridgehead atoms. The minimum absolute atomic E-state index is 0.245. The van der Waals surface area contributed by atoms with Gasteiger partial charge < -0.3 is 4.74 Å². The first-order valence-electron chi connectivity index (χ1n) is 8.96. The molecule has 21 heavy (non-hydrogen) atoms. The predicted molar refractivity (Wildman–Crippen MR) is 89.2 cm³/mol. The highest BCUT2D eigenvalue weighted by Gasteiger charge is 2.20. The third kappa shape index (κ3) is 8.28. The maximum Gasteiger partial charge on any atom is 0.333 e. The summed E-state index contributed by atoms with van der Waals surface area (Å²) in [4.78, 5) is 11.3. The van der Waals surface area contributed by atoms with Gasteiger partial charge in [0.25, 0.3) is 0 Å². The van der Waals surface area contributed by atoms with Crippen molar-refractivity contribution in [3.05, 3.63) is 12.2 Å². The average molecular weight is 294 g/mol. The fourth-order valence-corrected chi connectivity index (χ4v) is 3.33. The summed E-state index contributed by atoms with van der Waals surface area (Å²) >= 11 is 0. The zero-order chi connectivity index (χ0) is 15.5. The standard InChI is InChI=1S/C19H34O2/c1-4-5-6-7-9-17-11-13-18(14-12-17)10-8-15-21-19(20)16(2)3/h17-18H,2,4-15H2,1,3H3. The molecule has 2 heteroatoms. The Morgan fingerprint density at radius 3 is 2.10 bits per heavy atom. The lowest BCUT2D eigenvalue weighted by molar-refractivity contribution is -0.139. The van der Waals surface area contributed by atoms with E-state index in [1.54, 1.807) is 6.92 Å². The quantitative estimate of drug-likeness (QED) is 0.295. The van der Waals surface area contributed by atoms with Gasteiger partial charge in [0, 0.05) is 5.57 Å². The molecule has 0 spiro atoms. The molecule has 1 aliphatic carbocycles. The van der Waals surface area contributed by atoms with Gasteiger partial charge in [0.15, 0.2) is 0 Å². The molecule has 1 fully saturated rings. The number of hydrogen-bond acceptors (Lipinski definition) is 2. The fourth-order valence-electron chi connectivity index (χ4n) is 3.33. The molecular formula is C19H34O2. The van der Waals surface area contributed by atoms with Gasteiger partial charge in [-0.05, 0) is 31.6 Å². The van der Waals surface area contributed by atoms with E-state index < -0.39 is 0 Å². The van der Waals surface area contributed by atoms with Crippen LogP contribution in [0.15, 0.2) is 12.2 Å². The highest BCUT2D eigenvalue weighted by molar-refractivity contribution is 5.86. The van der Waals surface area contributed by atoms with E-state index in [1.807, 2.05) is 0 Å². The monoisotopic (exact) mass is 294 g/mol. The first-order chi connectivity index (χ1) is 10.1. The Kier molecular flexibility index (Phi) is 9.45. The molecule has 1 rings (SSSR count). The zero-order valence-electron chi connectivity index (χ0n) is 14.2. The summed E-state index contributed by atoms with van der Waals surface area (Å²) in [5.74, 6) is 1.60. The lowest BCUT2D eigenvalue weighted by Gasteiger charge is -2.28. The second-order valence-corrected chi connectivity index (χ2v) is 6.79. The van der Waals surface area contributed by atoms with E-state index in [4.69, 9.17) is 4.74 Å². The number of rotatable bonds is 10. The van der Waals surface area contributed by atoms with Crippen LogP contribution in [0.5, 0.6) is 0 Å². The molecule has 0 heterocycles. The van der Waals surface area contributed by atoms with Crippen molar-refractivity contribution < 1.29 is 9.53 Å². The van der Waals surface area contributed by atoms with Gasteiger partial charge in [0.2, 0.25) is 0 Å². The van der Waals surface area contributed by atoms with Crippen LogP contribution in [0.3, 0.4) is 0 Å². The molecule has 0 amide bonds. The van der Waals surface area contributed by atoms with Crippen LogP contribution in [0.25, 0.3) is 0 Å². The number of carbonyl (C=O) groups is 1. The Hall–Kier alpha value is -0.790. The maximum absolute atomic E-state index is 11.3. The van der Waals surface area contributed by atoms with E-state index >= 15 is 0 Å². The summed E-state index contributed by atoms with van der Waals surface area (Å²) in [5.41, 5.74) is 0.499. The smallest absolute Gasteiger partial charge is 0.333 e. The second kappa shape index (κ2) is 10.9. The van der Waals surface area contributed by atoms with Crippen LogP contribution in [0.4, 0.5) is 0 Å². The third-order valence-electron chi connectivity index (χ3n) is 4.77. The Labute approximate surface area is 131 Å². The molecule has 0 radical (unpaired) electrons. The van der Waals surface area contributed by atoms with Crippen molar-refractivity contribution in [2.24, 2.45) is 11.8 Å². The van der Waals surface area contributed by atoms with E-state index in [9.17, 15) is 4.79 Å². The maximum atomic E-state index is 11.3. The molecule has 1 aliphatic rings. The summed E-state index contributed by atoms with van der Waals surface area (Å²) in [6.07, 6.45) is 14.9. The molecule has 0 aromatic rings. The summed E-state index contributed by atoms with van der Waals surface area (Å²) in [6.45, 7) is 8.13. The molecule has 0 aromatic carbocycles. The van der Waals surface area contributed by atoms with Crippen molar-refractivity contribution in [2.45, 2.75) is 84.5 Å². The summed E-state index contributed by atoms with van der Waals surface area (Å²) in [7, 11) is 0. The van der Waals surface area contributed by atoms with Crippen LogP contribution < -0.4 is 0 Å². The molecular weight excluding hydrogens is 260 g/mol. The van der Waals surface area contributed by atoms with Crippen LogP contribution >= 0.6 is 0 Å². The molecule has 2 nitrogen and oxygen atoms in total. The number of ether oxygens (including phenoxy) is 1. The fraction of sp³-hybridized carbons (Fsp3) is 0.842. The largest absolute Gasteiger partial charge is 0.462 e. The molecule has 0 atom stereocenters. The number of hydrogen-bond donors (Lipinski definition) is 0. The second-order valence-electron chi connectivity index (χ2n) is 6.79. The molecule has 0 N–H and O–H groups in total. The van der Waals surface area contributed by atoms with Gasteiger partial charge in [0.1, 0.15) is 0 Å². The van der Waals surface area contributed by atoms with Gasteiger partial charge in [0.05, 0.1) is 6.61 Å². The Bertz CT molecular complexity index is 301. The van der Waals surface area contributed by atoms with Crippen molar-refractivity contribution in [3.8, 4) is 0 Å². The SMILES string of the molecule is C=C(C)C(=O)OCCCC1CCC(CCCCCC)CC1. The van der Waals surface area contributed by atoms with Crippen LogP contribution in [-0.4, -0.2) is 12.6 Å². The third-order valence-corrected chi connectivity index (χ3v) is 4.77. The Morgan fingerprint density at radius 2 is 1.57 bits per heavy atom. The first-order valence-corrected chi connectivity index (χ1v) is 8.96. The van der Waals surface area contributed by atoms with Crippen molar-refractivity contribution in [3.63, 3.8) is 0 Å². The van der Waals surface area contributed by atoms with Crippen LogP contribution in [0, 0.1) is 11.8 Å². The summed E-state index contributed by atoms with van der Waals surface area (Å²) in [6, 6.07) is 0. The van der Waals surface area contributed by atoms with Crippen molar-refractivity contribution in [1.82, 2.24) is 0 Å². The van der Waals surface area contributed by atoms with E-state index in [2.05, 4.69) is 13.5 Å². The van der Waals surface area contributed by atoms with Gasteiger partial charge >= 0.3 is 5.97 Å². The minimum Gasteiger partial charge on any atom is -0.462 e. The molecule has 0 aliphatic heterocycles. The van der Waals surface area contributed by atoms with Gasteiger partial charge in [-0.15, -0.1) is 0 Å². The number of carbonyl (C=O) groups excluding carboxylic acids is 1. The predicted octanol–water partition coefficient (Wildman–Crippen LogP) is 5.66. The minimum atomic E-state index is -0.245. The highest BCUT2D eigenvalue weighted by Crippen LogP contribution is 2.34. The Balaban J connectivity index is 2.00. The average Bonchev–Trinajstić information content (AvgIpc) is 2.49. The van der Waals surface area contributed by atoms with Crippen LogP contribution in [0.2, 0.25) is 0 Å². The van der Waals surface area contributed by atoms with E-state index in [0.717, 1.165) is 18.3 Å². The number of esters is 1. The summed E-state index contributed by atoms with van der Waals surface area (Å²) in [5, 5.41) is 0. The normalized spacial score (nSPS) is 22.0. The molecule has 1 saturated carbocycles. The van der Waals surface area contributed by atoms with Crippen LogP contribution in [-0.2, 0) is 9.53 Å². The van der Waals surface area contributed by atoms with Gasteiger partial charge in [-0.3, -0.25) is 0 Å². The lowest BCUT2D eigenvalue weighted by Crippen LogP contribution is -2.15. The molecule has 122 valence electrons. The van der Waals surface area contributed by atoms with Gasteiger partial charge in [-0.25, -0.2) is 4.79 Å². The van der Waals surface area contributed by atoms with E-state index in [1.165, 1.54) is 64.2 Å². The van der Waals surface area contributed by atoms with Crippen molar-refractivity contribution >= 4 is 5.97 Å². The Morgan fingerprint density at radius 1 is 1.00 bits per heavy atom. The number of unbranched alkanes of at least 4 members (excludes halogenated alkanes) is 3. The van der Waals surface area contributed by atoms with E-state index in [0.29, 0.717) is 12.2 Å². The van der Waals surface area contributed by atoms with Crippen molar-refractivity contribution in [1.29, 1.82) is 0 Å². The van der Waals surface area contributed by atoms with Gasteiger partial charge in [-0.2, -0.15) is 0 Å².